The SMILES string of the molecule is COc1ccccc1NC(=O)[C@@H](C)Sc1nc(-c2ccco2)c(C#N)c(=O)[nH]1. The first-order valence-electron chi connectivity index (χ1n) is 8.22. The Kier molecular flexibility index (Phi) is 5.81. The zero-order valence-corrected chi connectivity index (χ0v) is 15.9. The molecular weight excluding hydrogens is 380 g/mol. The fourth-order valence-corrected chi connectivity index (χ4v) is 3.20. The normalized spacial score (nSPS) is 11.5. The first-order valence-corrected chi connectivity index (χ1v) is 9.10. The third-order valence-corrected chi connectivity index (χ3v) is 4.77. The van der Waals surface area contributed by atoms with Crippen LogP contribution in [0.25, 0.3) is 11.5 Å². The van der Waals surface area contributed by atoms with Gasteiger partial charge in [-0.2, -0.15) is 5.26 Å². The van der Waals surface area contributed by atoms with Crippen molar-refractivity contribution in [1.29, 1.82) is 5.26 Å². The maximum atomic E-state index is 12.5. The number of furan rings is 1. The Labute approximate surface area is 164 Å². The molecule has 2 N–H and O–H groups in total. The number of rotatable bonds is 6. The fourth-order valence-electron chi connectivity index (χ4n) is 2.41. The van der Waals surface area contributed by atoms with E-state index in [0.717, 1.165) is 11.8 Å². The number of nitriles is 1. The minimum absolute atomic E-state index is 0.135. The number of nitrogens with one attached hydrogen (secondary N) is 2. The highest BCUT2D eigenvalue weighted by Crippen LogP contribution is 2.27. The van der Waals surface area contributed by atoms with Crippen LogP contribution in [-0.4, -0.2) is 28.2 Å². The van der Waals surface area contributed by atoms with Gasteiger partial charge in [0.2, 0.25) is 5.91 Å². The summed E-state index contributed by atoms with van der Waals surface area (Å²) in [6.07, 6.45) is 1.43. The Bertz CT molecular complexity index is 1090. The zero-order chi connectivity index (χ0) is 20.1. The van der Waals surface area contributed by atoms with Crippen molar-refractivity contribution in [2.24, 2.45) is 0 Å². The zero-order valence-electron chi connectivity index (χ0n) is 15.1. The van der Waals surface area contributed by atoms with Crippen LogP contribution in [0.2, 0.25) is 0 Å². The molecule has 0 unspecified atom stereocenters. The van der Waals surface area contributed by atoms with Gasteiger partial charge in [-0.15, -0.1) is 0 Å². The van der Waals surface area contributed by atoms with Crippen molar-refractivity contribution in [3.05, 3.63) is 58.6 Å². The number of para-hydroxylation sites is 2. The van der Waals surface area contributed by atoms with Gasteiger partial charge in [-0.3, -0.25) is 9.59 Å². The van der Waals surface area contributed by atoms with Crippen LogP contribution in [0.1, 0.15) is 12.5 Å². The van der Waals surface area contributed by atoms with Gasteiger partial charge >= 0.3 is 0 Å². The number of aromatic amines is 1. The highest BCUT2D eigenvalue weighted by molar-refractivity contribution is 8.00. The average molecular weight is 396 g/mol. The van der Waals surface area contributed by atoms with Gasteiger partial charge in [0, 0.05) is 0 Å². The van der Waals surface area contributed by atoms with Crippen molar-refractivity contribution in [3.8, 4) is 23.3 Å². The first kappa shape index (κ1) is 19.3. The predicted molar refractivity (Wildman–Crippen MR) is 104 cm³/mol. The second-order valence-electron chi connectivity index (χ2n) is 5.63. The molecular formula is C19H16N4O4S. The van der Waals surface area contributed by atoms with Crippen LogP contribution in [0, 0.1) is 11.3 Å². The Balaban J connectivity index is 1.82. The number of amides is 1. The van der Waals surface area contributed by atoms with E-state index in [9.17, 15) is 14.9 Å². The van der Waals surface area contributed by atoms with Crippen LogP contribution in [0.5, 0.6) is 5.75 Å². The Morgan fingerprint density at radius 1 is 1.36 bits per heavy atom. The van der Waals surface area contributed by atoms with Crippen molar-refractivity contribution in [2.45, 2.75) is 17.3 Å². The fraction of sp³-hybridized carbons (Fsp3) is 0.158. The standard InChI is InChI=1S/C19H16N4O4S/c1-11(17(24)21-13-6-3-4-7-14(13)26-2)28-19-22-16(15-8-5-9-27-15)12(10-20)18(25)23-19/h3-9,11H,1-2H3,(H,21,24)(H,22,23,25)/t11-/m1/s1. The van der Waals surface area contributed by atoms with E-state index in [1.807, 2.05) is 6.07 Å². The quantitative estimate of drug-likeness (QED) is 0.485. The predicted octanol–water partition coefficient (Wildman–Crippen LogP) is 3.03. The summed E-state index contributed by atoms with van der Waals surface area (Å²) in [6, 6.07) is 12.1. The number of anilines is 1. The topological polar surface area (TPSA) is 121 Å². The van der Waals surface area contributed by atoms with Gasteiger partial charge in [-0.25, -0.2) is 4.98 Å². The molecule has 142 valence electrons. The number of carbonyl (C=O) groups is 1. The molecule has 1 amide bonds. The number of aromatic nitrogens is 2. The van der Waals surface area contributed by atoms with E-state index >= 15 is 0 Å². The van der Waals surface area contributed by atoms with Gasteiger partial charge in [0.1, 0.15) is 23.1 Å². The summed E-state index contributed by atoms with van der Waals surface area (Å²) in [7, 11) is 1.52. The van der Waals surface area contributed by atoms with E-state index in [1.54, 1.807) is 43.3 Å². The molecule has 0 aliphatic carbocycles. The molecule has 0 bridgehead atoms. The molecule has 0 aliphatic rings. The first-order chi connectivity index (χ1) is 13.5. The number of hydrogen-bond acceptors (Lipinski definition) is 7. The number of nitrogens with zero attached hydrogens (tertiary/aromatic N) is 2. The number of H-pyrrole nitrogens is 1. The summed E-state index contributed by atoms with van der Waals surface area (Å²) in [4.78, 5) is 31.6. The number of methoxy groups -OCH3 is 1. The lowest BCUT2D eigenvalue weighted by molar-refractivity contribution is -0.115. The largest absolute Gasteiger partial charge is 0.495 e. The lowest BCUT2D eigenvalue weighted by atomic mass is 10.2. The van der Waals surface area contributed by atoms with Crippen LogP contribution < -0.4 is 15.6 Å². The van der Waals surface area contributed by atoms with Crippen molar-refractivity contribution in [1.82, 2.24) is 9.97 Å². The van der Waals surface area contributed by atoms with Gasteiger partial charge < -0.3 is 19.5 Å². The highest BCUT2D eigenvalue weighted by atomic mass is 32.2. The van der Waals surface area contributed by atoms with E-state index in [0.29, 0.717) is 17.2 Å². The van der Waals surface area contributed by atoms with Gasteiger partial charge in [-0.05, 0) is 31.2 Å². The van der Waals surface area contributed by atoms with Crippen LogP contribution in [0.15, 0.2) is 57.0 Å². The smallest absolute Gasteiger partial charge is 0.270 e. The third kappa shape index (κ3) is 4.07. The van der Waals surface area contributed by atoms with E-state index in [-0.39, 0.29) is 22.3 Å². The average Bonchev–Trinajstić information content (AvgIpc) is 3.22. The number of thioether (sulfide) groups is 1. The Morgan fingerprint density at radius 2 is 2.14 bits per heavy atom. The molecule has 0 aliphatic heterocycles. The number of ether oxygens (including phenoxy) is 1. The van der Waals surface area contributed by atoms with Crippen molar-refractivity contribution >= 4 is 23.4 Å². The van der Waals surface area contributed by atoms with Crippen LogP contribution in [-0.2, 0) is 4.79 Å². The minimum atomic E-state index is -0.594. The number of hydrogen-bond donors (Lipinski definition) is 2. The Morgan fingerprint density at radius 3 is 2.82 bits per heavy atom. The molecule has 8 nitrogen and oxygen atoms in total. The van der Waals surface area contributed by atoms with Crippen molar-refractivity contribution < 1.29 is 13.9 Å². The van der Waals surface area contributed by atoms with Crippen LogP contribution in [0.3, 0.4) is 0 Å². The maximum absolute atomic E-state index is 12.5. The van der Waals surface area contributed by atoms with Crippen molar-refractivity contribution in [3.63, 3.8) is 0 Å². The van der Waals surface area contributed by atoms with Gasteiger partial charge in [0.25, 0.3) is 5.56 Å². The molecule has 2 aromatic heterocycles. The molecule has 3 rings (SSSR count). The highest BCUT2D eigenvalue weighted by Gasteiger charge is 2.20. The van der Waals surface area contributed by atoms with E-state index in [4.69, 9.17) is 9.15 Å². The molecule has 0 saturated carbocycles. The van der Waals surface area contributed by atoms with Gasteiger partial charge in [-0.1, -0.05) is 23.9 Å². The lowest BCUT2D eigenvalue weighted by Crippen LogP contribution is -2.24. The molecule has 0 fully saturated rings. The van der Waals surface area contributed by atoms with Crippen LogP contribution >= 0.6 is 11.8 Å². The molecule has 9 heteroatoms. The summed E-state index contributed by atoms with van der Waals surface area (Å²) in [5.41, 5.74) is -0.0646. The van der Waals surface area contributed by atoms with Crippen molar-refractivity contribution in [2.75, 3.05) is 12.4 Å². The van der Waals surface area contributed by atoms with E-state index < -0.39 is 10.8 Å². The minimum Gasteiger partial charge on any atom is -0.495 e. The number of carbonyl (C=O) groups excluding carboxylic acids is 1. The van der Waals surface area contributed by atoms with Gasteiger partial charge in [0.15, 0.2) is 10.9 Å². The second kappa shape index (κ2) is 8.45. The summed E-state index contributed by atoms with van der Waals surface area (Å²) >= 11 is 1.06. The molecule has 1 atom stereocenters. The summed E-state index contributed by atoms with van der Waals surface area (Å²) in [6.45, 7) is 1.68. The van der Waals surface area contributed by atoms with E-state index in [2.05, 4.69) is 15.3 Å². The maximum Gasteiger partial charge on any atom is 0.270 e. The molecule has 2 heterocycles. The number of benzene rings is 1. The third-order valence-electron chi connectivity index (χ3n) is 3.79. The molecule has 28 heavy (non-hydrogen) atoms. The molecule has 0 saturated heterocycles. The Hall–Kier alpha value is -3.51. The molecule has 0 spiro atoms. The molecule has 3 aromatic rings. The van der Waals surface area contributed by atoms with Crippen LogP contribution in [0.4, 0.5) is 5.69 Å². The van der Waals surface area contributed by atoms with Gasteiger partial charge in [0.05, 0.1) is 24.3 Å². The molecule has 1 aromatic carbocycles. The monoisotopic (exact) mass is 396 g/mol. The summed E-state index contributed by atoms with van der Waals surface area (Å²) in [5, 5.41) is 11.7. The summed E-state index contributed by atoms with van der Waals surface area (Å²) < 4.78 is 10.5. The second-order valence-corrected chi connectivity index (χ2v) is 6.96. The lowest BCUT2D eigenvalue weighted by Gasteiger charge is -2.14. The molecule has 0 radical (unpaired) electrons. The summed E-state index contributed by atoms with van der Waals surface area (Å²) in [5.74, 6) is 0.551. The van der Waals surface area contributed by atoms with E-state index in [1.165, 1.54) is 13.4 Å².